The molecule has 0 aromatic rings. The van der Waals surface area contributed by atoms with Gasteiger partial charge in [0.2, 0.25) is 0 Å². The van der Waals surface area contributed by atoms with Gasteiger partial charge >= 0.3 is 5.97 Å². The van der Waals surface area contributed by atoms with Gasteiger partial charge in [-0.2, -0.15) is 5.90 Å². The molecule has 5 heteroatoms. The second-order valence-electron chi connectivity index (χ2n) is 5.20. The van der Waals surface area contributed by atoms with Gasteiger partial charge in [-0.3, -0.25) is 4.84 Å². The SMILES string of the molecule is CC(C)C#CCC(O)C=CC=CC#CC(O)CCCC(=O)O[NH3+]. The van der Waals surface area contributed by atoms with Gasteiger partial charge in [0.25, 0.3) is 0 Å². The molecule has 23 heavy (non-hydrogen) atoms. The van der Waals surface area contributed by atoms with E-state index in [9.17, 15) is 15.0 Å². The van der Waals surface area contributed by atoms with Crippen LogP contribution in [-0.2, 0) is 9.63 Å². The molecule has 0 radical (unpaired) electrons. The Balaban J connectivity index is 3.99. The number of quaternary nitrogens is 1. The van der Waals surface area contributed by atoms with Gasteiger partial charge in [0, 0.05) is 12.3 Å². The summed E-state index contributed by atoms with van der Waals surface area (Å²) >= 11 is 0. The maximum atomic E-state index is 10.8. The largest absolute Gasteiger partial charge is 0.388 e. The molecule has 2 atom stereocenters. The molecule has 0 aliphatic rings. The van der Waals surface area contributed by atoms with Gasteiger partial charge in [-0.1, -0.05) is 49.8 Å². The van der Waals surface area contributed by atoms with Crippen LogP contribution in [0.1, 0.15) is 39.5 Å². The molecule has 0 bridgehead atoms. The van der Waals surface area contributed by atoms with Crippen LogP contribution in [0.4, 0.5) is 0 Å². The monoisotopic (exact) mass is 320 g/mol. The molecule has 0 saturated heterocycles. The number of hydrogen-bond donors (Lipinski definition) is 3. The lowest BCUT2D eigenvalue weighted by Gasteiger charge is -2.00. The van der Waals surface area contributed by atoms with Crippen molar-refractivity contribution in [3.05, 3.63) is 24.3 Å². The van der Waals surface area contributed by atoms with Crippen molar-refractivity contribution in [2.45, 2.75) is 51.7 Å². The molecule has 0 saturated carbocycles. The predicted octanol–water partition coefficient (Wildman–Crippen LogP) is 0.744. The van der Waals surface area contributed by atoms with Crippen LogP contribution in [0.2, 0.25) is 0 Å². The molecular formula is C18H26NO4+. The van der Waals surface area contributed by atoms with E-state index < -0.39 is 18.2 Å². The highest BCUT2D eigenvalue weighted by Crippen LogP contribution is 2.00. The normalized spacial score (nSPS) is 13.3. The zero-order chi connectivity index (χ0) is 17.5. The molecule has 0 aromatic heterocycles. The van der Waals surface area contributed by atoms with Crippen molar-refractivity contribution < 1.29 is 25.7 Å². The zero-order valence-electron chi connectivity index (χ0n) is 13.8. The van der Waals surface area contributed by atoms with Gasteiger partial charge in [-0.05, 0) is 18.9 Å². The Kier molecular flexibility index (Phi) is 12.4. The molecule has 2 unspecified atom stereocenters. The minimum absolute atomic E-state index is 0.221. The van der Waals surface area contributed by atoms with Crippen LogP contribution in [0.25, 0.3) is 0 Å². The Labute approximate surface area is 138 Å². The first kappa shape index (κ1) is 20.9. The molecule has 0 aliphatic heterocycles. The third-order valence-corrected chi connectivity index (χ3v) is 2.60. The molecular weight excluding hydrogens is 294 g/mol. The number of carbonyl (C=O) groups excluding carboxylic acids is 1. The molecule has 5 N–H and O–H groups in total. The van der Waals surface area contributed by atoms with Crippen molar-refractivity contribution in [2.24, 2.45) is 5.92 Å². The molecule has 126 valence electrons. The summed E-state index contributed by atoms with van der Waals surface area (Å²) < 4.78 is 0. The van der Waals surface area contributed by atoms with Gasteiger partial charge in [-0.15, -0.1) is 5.92 Å². The van der Waals surface area contributed by atoms with Crippen LogP contribution in [0, 0.1) is 29.6 Å². The smallest absolute Gasteiger partial charge is 0.366 e. The molecule has 5 nitrogen and oxygen atoms in total. The van der Waals surface area contributed by atoms with Crippen molar-refractivity contribution in [1.82, 2.24) is 0 Å². The molecule has 0 spiro atoms. The van der Waals surface area contributed by atoms with E-state index in [0.29, 0.717) is 25.2 Å². The minimum Gasteiger partial charge on any atom is -0.388 e. The average Bonchev–Trinajstić information content (AvgIpc) is 2.50. The summed E-state index contributed by atoms with van der Waals surface area (Å²) in [5.41, 5.74) is 0. The molecule has 0 fully saturated rings. The van der Waals surface area contributed by atoms with Crippen LogP contribution < -0.4 is 5.90 Å². The highest BCUT2D eigenvalue weighted by molar-refractivity contribution is 5.68. The Morgan fingerprint density at radius 2 is 2.00 bits per heavy atom. The predicted molar refractivity (Wildman–Crippen MR) is 88.1 cm³/mol. The van der Waals surface area contributed by atoms with Gasteiger partial charge in [0.15, 0.2) is 0 Å². The van der Waals surface area contributed by atoms with Gasteiger partial charge in [0.1, 0.15) is 6.10 Å². The van der Waals surface area contributed by atoms with Crippen LogP contribution in [0.15, 0.2) is 24.3 Å². The fourth-order valence-corrected chi connectivity index (χ4v) is 1.46. The quantitative estimate of drug-likeness (QED) is 0.366. The molecule has 0 aliphatic carbocycles. The summed E-state index contributed by atoms with van der Waals surface area (Å²) in [4.78, 5) is 15.1. The standard InChI is InChI=1S/C18H26NO4/c1-15(2)9-7-12-16(20)10-5-3-4-6-11-17(21)13-8-14-18(22)23-19/h3-5,10,15-17,20-21H,8,12-14H2,1-2,19H3/q+1. The fourth-order valence-electron chi connectivity index (χ4n) is 1.46. The fraction of sp³-hybridized carbons (Fsp3) is 0.500. The van der Waals surface area contributed by atoms with Crippen LogP contribution in [0.5, 0.6) is 0 Å². The topological polar surface area (TPSA) is 94.4 Å². The minimum atomic E-state index is -0.779. The Morgan fingerprint density at radius 3 is 2.65 bits per heavy atom. The highest BCUT2D eigenvalue weighted by atomic mass is 16.7. The van der Waals surface area contributed by atoms with Crippen molar-refractivity contribution >= 4 is 5.97 Å². The van der Waals surface area contributed by atoms with Gasteiger partial charge < -0.3 is 10.2 Å². The number of aliphatic hydroxyl groups excluding tert-OH is 2. The molecule has 0 heterocycles. The number of aliphatic hydroxyl groups is 2. The molecule has 0 rings (SSSR count). The van der Waals surface area contributed by atoms with Crippen LogP contribution in [0.3, 0.4) is 0 Å². The maximum Gasteiger partial charge on any atom is 0.366 e. The summed E-state index contributed by atoms with van der Waals surface area (Å²) in [5.74, 6) is 14.2. The lowest BCUT2D eigenvalue weighted by atomic mass is 10.1. The van der Waals surface area contributed by atoms with E-state index >= 15 is 0 Å². The van der Waals surface area contributed by atoms with Gasteiger partial charge in [-0.25, -0.2) is 4.79 Å². The Bertz CT molecular complexity index is 515. The van der Waals surface area contributed by atoms with E-state index in [1.165, 1.54) is 0 Å². The third-order valence-electron chi connectivity index (χ3n) is 2.60. The first-order chi connectivity index (χ1) is 11.0. The molecule has 0 aromatic carbocycles. The highest BCUT2D eigenvalue weighted by Gasteiger charge is 2.05. The lowest BCUT2D eigenvalue weighted by Crippen LogP contribution is -2.51. The second-order valence-corrected chi connectivity index (χ2v) is 5.20. The van der Waals surface area contributed by atoms with Gasteiger partial charge in [0.05, 0.1) is 12.5 Å². The van der Waals surface area contributed by atoms with Crippen LogP contribution >= 0.6 is 0 Å². The van der Waals surface area contributed by atoms with E-state index in [2.05, 4.69) is 34.4 Å². The van der Waals surface area contributed by atoms with Crippen molar-refractivity contribution in [3.8, 4) is 23.7 Å². The summed E-state index contributed by atoms with van der Waals surface area (Å²) in [6, 6.07) is 0. The summed E-state index contributed by atoms with van der Waals surface area (Å²) in [7, 11) is 0. The third kappa shape index (κ3) is 14.6. The van der Waals surface area contributed by atoms with Crippen molar-refractivity contribution in [2.75, 3.05) is 0 Å². The number of allylic oxidation sites excluding steroid dienone is 3. The maximum absolute atomic E-state index is 10.8. The van der Waals surface area contributed by atoms with Crippen molar-refractivity contribution in [3.63, 3.8) is 0 Å². The van der Waals surface area contributed by atoms with Crippen LogP contribution in [-0.4, -0.2) is 28.4 Å². The average molecular weight is 320 g/mol. The van der Waals surface area contributed by atoms with E-state index in [4.69, 9.17) is 0 Å². The number of carbonyl (C=O) groups is 1. The summed E-state index contributed by atoms with van der Waals surface area (Å²) in [6.07, 6.45) is 6.73. The lowest BCUT2D eigenvalue weighted by molar-refractivity contribution is -0.657. The molecule has 0 amide bonds. The summed E-state index contributed by atoms with van der Waals surface area (Å²) in [5, 5.41) is 19.2. The zero-order valence-corrected chi connectivity index (χ0v) is 13.8. The summed E-state index contributed by atoms with van der Waals surface area (Å²) in [6.45, 7) is 4.00. The van der Waals surface area contributed by atoms with E-state index in [-0.39, 0.29) is 6.42 Å². The Morgan fingerprint density at radius 1 is 1.26 bits per heavy atom. The number of rotatable bonds is 7. The first-order valence-corrected chi connectivity index (χ1v) is 7.59. The Hall–Kier alpha value is -2.05. The van der Waals surface area contributed by atoms with Crippen molar-refractivity contribution in [1.29, 1.82) is 0 Å². The van der Waals surface area contributed by atoms with E-state index in [1.807, 2.05) is 13.8 Å². The van der Waals surface area contributed by atoms with E-state index in [0.717, 1.165) is 0 Å². The first-order valence-electron chi connectivity index (χ1n) is 7.59. The second kappa shape index (κ2) is 13.6. The number of hydrogen-bond acceptors (Lipinski definition) is 4. The van der Waals surface area contributed by atoms with E-state index in [1.54, 1.807) is 24.3 Å².